The highest BCUT2D eigenvalue weighted by Crippen LogP contribution is 2.22. The lowest BCUT2D eigenvalue weighted by Gasteiger charge is -2.34. The zero-order valence-corrected chi connectivity index (χ0v) is 18.2. The summed E-state index contributed by atoms with van der Waals surface area (Å²) in [5, 5.41) is 5.12. The first kappa shape index (κ1) is 21.4. The molecule has 156 valence electrons. The van der Waals surface area contributed by atoms with Gasteiger partial charge in [0.05, 0.1) is 17.9 Å². The number of aryl methyl sites for hydroxylation is 1. The Morgan fingerprint density at radius 3 is 2.48 bits per heavy atom. The molecular formula is C22H28ClN3O3. The molecule has 29 heavy (non-hydrogen) atoms. The number of ether oxygens (including phenoxy) is 1. The average Bonchev–Trinajstić information content (AvgIpc) is 2.94. The Kier molecular flexibility index (Phi) is 6.63. The van der Waals surface area contributed by atoms with E-state index in [0.29, 0.717) is 53.4 Å². The number of carbonyl (C=O) groups excluding carboxylic acids is 2. The van der Waals surface area contributed by atoms with Gasteiger partial charge < -0.3 is 9.64 Å². The van der Waals surface area contributed by atoms with Crippen LogP contribution >= 0.6 is 11.6 Å². The van der Waals surface area contributed by atoms with Gasteiger partial charge in [0.2, 0.25) is 0 Å². The molecule has 0 saturated carbocycles. The minimum atomic E-state index is -0.517. The molecule has 1 aromatic heterocycles. The Balaban J connectivity index is 1.66. The number of nitrogens with zero attached hydrogens (tertiary/aromatic N) is 3. The van der Waals surface area contributed by atoms with Crippen LogP contribution in [0.4, 0.5) is 0 Å². The number of aromatic nitrogens is 2. The lowest BCUT2D eigenvalue weighted by Crippen LogP contribution is -2.44. The van der Waals surface area contributed by atoms with Crippen LogP contribution in [-0.4, -0.2) is 46.3 Å². The number of benzene rings is 1. The van der Waals surface area contributed by atoms with E-state index in [2.05, 4.69) is 18.9 Å². The van der Waals surface area contributed by atoms with Gasteiger partial charge in [-0.25, -0.2) is 4.79 Å². The van der Waals surface area contributed by atoms with Crippen LogP contribution in [0.25, 0.3) is 0 Å². The van der Waals surface area contributed by atoms with Crippen LogP contribution in [0.2, 0.25) is 5.02 Å². The molecule has 1 fully saturated rings. The van der Waals surface area contributed by atoms with E-state index in [-0.39, 0.29) is 12.5 Å². The van der Waals surface area contributed by atoms with Gasteiger partial charge in [-0.2, -0.15) is 5.10 Å². The van der Waals surface area contributed by atoms with Crippen molar-refractivity contribution in [2.45, 2.75) is 40.7 Å². The Bertz CT molecular complexity index is 899. The molecule has 0 spiro atoms. The Hall–Kier alpha value is -2.34. The summed E-state index contributed by atoms with van der Waals surface area (Å²) in [6.07, 6.45) is 1.12. The predicted molar refractivity (Wildman–Crippen MR) is 112 cm³/mol. The Morgan fingerprint density at radius 2 is 1.83 bits per heavy atom. The summed E-state index contributed by atoms with van der Waals surface area (Å²) in [5.74, 6) is 0.268. The van der Waals surface area contributed by atoms with Crippen LogP contribution in [0.5, 0.6) is 0 Å². The smallest absolute Gasteiger partial charge is 0.342 e. The first-order valence-electron chi connectivity index (χ1n) is 9.98. The largest absolute Gasteiger partial charge is 0.452 e. The second-order valence-electron chi connectivity index (χ2n) is 8.12. The van der Waals surface area contributed by atoms with Gasteiger partial charge in [-0.3, -0.25) is 9.48 Å². The molecule has 2 aromatic rings. The van der Waals surface area contributed by atoms with Crippen molar-refractivity contribution in [1.82, 2.24) is 14.7 Å². The fraction of sp³-hybridized carbons (Fsp3) is 0.500. The molecule has 1 aliphatic rings. The Labute approximate surface area is 176 Å². The lowest BCUT2D eigenvalue weighted by molar-refractivity contribution is -0.137. The normalized spacial score (nSPS) is 19.3. The highest BCUT2D eigenvalue weighted by Gasteiger charge is 2.27. The van der Waals surface area contributed by atoms with Crippen LogP contribution in [0.3, 0.4) is 0 Å². The SMILES string of the molecule is Cc1nn(Cc2ccccc2Cl)c(C)c1C(=O)OCC(=O)N1C[C@@H](C)C[C@H](C)C1. The molecule has 0 aliphatic carbocycles. The molecule has 0 bridgehead atoms. The topological polar surface area (TPSA) is 64.4 Å². The van der Waals surface area contributed by atoms with Crippen molar-refractivity contribution in [1.29, 1.82) is 0 Å². The molecule has 2 heterocycles. The molecule has 0 unspecified atom stereocenters. The summed E-state index contributed by atoms with van der Waals surface area (Å²) in [7, 11) is 0. The molecule has 2 atom stereocenters. The van der Waals surface area contributed by atoms with Crippen molar-refractivity contribution in [2.24, 2.45) is 11.8 Å². The van der Waals surface area contributed by atoms with E-state index in [4.69, 9.17) is 16.3 Å². The van der Waals surface area contributed by atoms with Gasteiger partial charge >= 0.3 is 5.97 Å². The molecule has 1 aromatic carbocycles. The van der Waals surface area contributed by atoms with Crippen molar-refractivity contribution in [2.75, 3.05) is 19.7 Å². The first-order chi connectivity index (χ1) is 13.8. The monoisotopic (exact) mass is 417 g/mol. The number of hydrogen-bond acceptors (Lipinski definition) is 4. The van der Waals surface area contributed by atoms with E-state index in [1.165, 1.54) is 0 Å². The van der Waals surface area contributed by atoms with Crippen molar-refractivity contribution in [3.63, 3.8) is 0 Å². The number of piperidine rings is 1. The minimum Gasteiger partial charge on any atom is -0.452 e. The maximum Gasteiger partial charge on any atom is 0.342 e. The molecule has 7 heteroatoms. The van der Waals surface area contributed by atoms with Crippen molar-refractivity contribution in [3.8, 4) is 0 Å². The highest BCUT2D eigenvalue weighted by molar-refractivity contribution is 6.31. The molecule has 0 radical (unpaired) electrons. The fourth-order valence-electron chi connectivity index (χ4n) is 4.09. The van der Waals surface area contributed by atoms with Gasteiger partial charge in [0.25, 0.3) is 5.91 Å². The summed E-state index contributed by atoms with van der Waals surface area (Å²) in [6, 6.07) is 7.54. The van der Waals surface area contributed by atoms with Gasteiger partial charge in [-0.1, -0.05) is 43.6 Å². The maximum absolute atomic E-state index is 12.7. The van der Waals surface area contributed by atoms with E-state index in [1.807, 2.05) is 31.2 Å². The first-order valence-corrected chi connectivity index (χ1v) is 10.4. The number of halogens is 1. The third kappa shape index (κ3) is 4.99. The van der Waals surface area contributed by atoms with Gasteiger partial charge in [0.1, 0.15) is 5.56 Å². The van der Waals surface area contributed by atoms with E-state index < -0.39 is 5.97 Å². The second-order valence-corrected chi connectivity index (χ2v) is 8.52. The molecule has 0 N–H and O–H groups in total. The maximum atomic E-state index is 12.7. The van der Waals surface area contributed by atoms with Gasteiger partial charge in [0, 0.05) is 18.1 Å². The number of likely N-dealkylation sites (tertiary alicyclic amines) is 1. The minimum absolute atomic E-state index is 0.143. The molecule has 1 saturated heterocycles. The lowest BCUT2D eigenvalue weighted by atomic mass is 9.92. The Morgan fingerprint density at radius 1 is 1.17 bits per heavy atom. The van der Waals surface area contributed by atoms with E-state index in [9.17, 15) is 9.59 Å². The zero-order valence-electron chi connectivity index (χ0n) is 17.4. The summed E-state index contributed by atoms with van der Waals surface area (Å²) >= 11 is 6.24. The third-order valence-electron chi connectivity index (χ3n) is 5.41. The standard InChI is InChI=1S/C22H28ClN3O3/c1-14-9-15(2)11-25(10-14)20(27)13-29-22(28)21-16(3)24-26(17(21)4)12-18-7-5-6-8-19(18)23/h5-8,14-15H,9-13H2,1-4H3/t14-,15-/m0/s1. The summed E-state index contributed by atoms with van der Waals surface area (Å²) in [6.45, 7) is 9.52. The highest BCUT2D eigenvalue weighted by atomic mass is 35.5. The van der Waals surface area contributed by atoms with Crippen LogP contribution in [0.15, 0.2) is 24.3 Å². The van der Waals surface area contributed by atoms with E-state index in [1.54, 1.807) is 16.5 Å². The zero-order chi connectivity index (χ0) is 21.1. The summed E-state index contributed by atoms with van der Waals surface area (Å²) < 4.78 is 7.09. The van der Waals surface area contributed by atoms with Gasteiger partial charge in [-0.05, 0) is 43.7 Å². The van der Waals surface area contributed by atoms with E-state index >= 15 is 0 Å². The fourth-order valence-corrected chi connectivity index (χ4v) is 4.29. The number of hydrogen-bond donors (Lipinski definition) is 0. The van der Waals surface area contributed by atoms with Gasteiger partial charge in [0.15, 0.2) is 6.61 Å². The van der Waals surface area contributed by atoms with Crippen LogP contribution < -0.4 is 0 Å². The predicted octanol–water partition coefficient (Wildman–Crippen LogP) is 3.86. The van der Waals surface area contributed by atoms with E-state index in [0.717, 1.165) is 12.0 Å². The number of rotatable bonds is 5. The molecular weight excluding hydrogens is 390 g/mol. The van der Waals surface area contributed by atoms with Crippen molar-refractivity contribution in [3.05, 3.63) is 51.8 Å². The van der Waals surface area contributed by atoms with Crippen LogP contribution in [0, 0.1) is 25.7 Å². The molecule has 1 aliphatic heterocycles. The van der Waals surface area contributed by atoms with Crippen LogP contribution in [-0.2, 0) is 16.1 Å². The van der Waals surface area contributed by atoms with Crippen molar-refractivity contribution < 1.29 is 14.3 Å². The molecule has 6 nitrogen and oxygen atoms in total. The summed E-state index contributed by atoms with van der Waals surface area (Å²) in [5.41, 5.74) is 2.60. The molecule has 1 amide bonds. The molecule has 3 rings (SSSR count). The average molecular weight is 418 g/mol. The number of carbonyl (C=O) groups is 2. The number of esters is 1. The number of amides is 1. The second kappa shape index (κ2) is 8.99. The third-order valence-corrected chi connectivity index (χ3v) is 5.78. The summed E-state index contributed by atoms with van der Waals surface area (Å²) in [4.78, 5) is 27.0. The van der Waals surface area contributed by atoms with Crippen molar-refractivity contribution >= 4 is 23.5 Å². The van der Waals surface area contributed by atoms with Crippen LogP contribution in [0.1, 0.15) is 47.6 Å². The quantitative estimate of drug-likeness (QED) is 0.693. The van der Waals surface area contributed by atoms with Gasteiger partial charge in [-0.15, -0.1) is 0 Å².